The first-order valence-electron chi connectivity index (χ1n) is 3.76. The molecule has 0 aliphatic rings. The molecule has 0 amide bonds. The second kappa shape index (κ2) is 3.25. The first-order valence-corrected chi connectivity index (χ1v) is 3.76. The van der Waals surface area contributed by atoms with E-state index in [0.29, 0.717) is 0 Å². The lowest BCUT2D eigenvalue weighted by Gasteiger charge is -2.21. The Morgan fingerprint density at radius 1 is 1.33 bits per heavy atom. The van der Waals surface area contributed by atoms with Crippen LogP contribution in [-0.2, 0) is 22.4 Å². The molecule has 1 aromatic heterocycles. The zero-order valence-electron chi connectivity index (χ0n) is 7.94. The molecule has 0 aromatic carbocycles. The fourth-order valence-corrected chi connectivity index (χ4v) is 0.985. The third-order valence-electron chi connectivity index (χ3n) is 2.00. The van der Waals surface area contributed by atoms with Crippen molar-refractivity contribution in [1.82, 2.24) is 4.57 Å². The van der Waals surface area contributed by atoms with Crippen LogP contribution in [0, 0.1) is 0 Å². The van der Waals surface area contributed by atoms with Gasteiger partial charge in [-0.1, -0.05) is 0 Å². The molecule has 1 heterocycles. The van der Waals surface area contributed by atoms with E-state index >= 15 is 0 Å². The van der Waals surface area contributed by atoms with E-state index in [1.165, 1.54) is 0 Å². The lowest BCUT2D eigenvalue weighted by Crippen LogP contribution is -2.55. The highest BCUT2D eigenvalue weighted by Crippen LogP contribution is 2.07. The van der Waals surface area contributed by atoms with Gasteiger partial charge in [0.1, 0.15) is 12.4 Å². The normalized spacial score (nSPS) is 12.0. The maximum absolute atomic E-state index is 5.21. The van der Waals surface area contributed by atoms with Crippen LogP contribution in [-0.4, -0.2) is 18.8 Å². The molecule has 0 spiro atoms. The van der Waals surface area contributed by atoms with E-state index in [4.69, 9.17) is 9.47 Å². The van der Waals surface area contributed by atoms with Crippen LogP contribution < -0.4 is 4.57 Å². The highest BCUT2D eigenvalue weighted by atomic mass is 16.7. The number of methoxy groups -OCH3 is 2. The largest absolute Gasteiger partial charge is 0.323 e. The van der Waals surface area contributed by atoms with Gasteiger partial charge in [0.05, 0.1) is 7.05 Å². The molecule has 4 heteroatoms. The van der Waals surface area contributed by atoms with Crippen molar-refractivity contribution in [2.75, 3.05) is 14.2 Å². The molecule has 1 aromatic rings. The Morgan fingerprint density at radius 3 is 2.25 bits per heavy atom. The molecule has 0 N–H and O–H groups in total. The van der Waals surface area contributed by atoms with Crippen molar-refractivity contribution in [2.24, 2.45) is 7.05 Å². The van der Waals surface area contributed by atoms with Crippen LogP contribution in [0.1, 0.15) is 6.92 Å². The Hall–Kier alpha value is -0.870. The molecular formula is C8H15N2O2+. The van der Waals surface area contributed by atoms with Crippen LogP contribution in [0.3, 0.4) is 0 Å². The summed E-state index contributed by atoms with van der Waals surface area (Å²) in [7, 11) is 5.18. The minimum atomic E-state index is -0.707. The van der Waals surface area contributed by atoms with Gasteiger partial charge in [0.25, 0.3) is 0 Å². The van der Waals surface area contributed by atoms with Gasteiger partial charge in [-0.15, -0.1) is 0 Å². The summed E-state index contributed by atoms with van der Waals surface area (Å²) in [5, 5.41) is 0. The molecule has 0 bridgehead atoms. The van der Waals surface area contributed by atoms with Crippen molar-refractivity contribution >= 4 is 0 Å². The van der Waals surface area contributed by atoms with E-state index in [1.54, 1.807) is 14.2 Å². The summed E-state index contributed by atoms with van der Waals surface area (Å²) in [5.41, 5.74) is 0. The van der Waals surface area contributed by atoms with Gasteiger partial charge in [0, 0.05) is 21.1 Å². The van der Waals surface area contributed by atoms with Gasteiger partial charge >= 0.3 is 5.91 Å². The Labute approximate surface area is 72.3 Å². The minimum absolute atomic E-state index is 0.707. The smallest absolute Gasteiger partial charge is 0.318 e. The monoisotopic (exact) mass is 171 g/mol. The summed E-state index contributed by atoms with van der Waals surface area (Å²) >= 11 is 0. The van der Waals surface area contributed by atoms with E-state index < -0.39 is 5.91 Å². The average molecular weight is 171 g/mol. The lowest BCUT2D eigenvalue weighted by atomic mass is 10.5. The quantitative estimate of drug-likeness (QED) is 0.481. The lowest BCUT2D eigenvalue weighted by molar-refractivity contribution is -0.849. The number of ether oxygens (including phenoxy) is 2. The Morgan fingerprint density at radius 2 is 1.92 bits per heavy atom. The first-order chi connectivity index (χ1) is 5.62. The maximum Gasteiger partial charge on any atom is 0.323 e. The fourth-order valence-electron chi connectivity index (χ4n) is 0.985. The molecular weight excluding hydrogens is 156 g/mol. The van der Waals surface area contributed by atoms with Crippen molar-refractivity contribution in [3.8, 4) is 0 Å². The Balaban J connectivity index is 2.94. The van der Waals surface area contributed by atoms with Gasteiger partial charge in [0.15, 0.2) is 0 Å². The van der Waals surface area contributed by atoms with Gasteiger partial charge in [0.2, 0.25) is 6.33 Å². The van der Waals surface area contributed by atoms with Crippen LogP contribution in [0.2, 0.25) is 0 Å². The number of rotatable bonds is 3. The molecule has 0 aliphatic heterocycles. The molecule has 68 valence electrons. The SMILES string of the molecule is COC(C)(OC)[n+]1ccn(C)c1. The molecule has 0 saturated carbocycles. The van der Waals surface area contributed by atoms with E-state index in [2.05, 4.69) is 0 Å². The zero-order valence-corrected chi connectivity index (χ0v) is 7.94. The molecule has 4 nitrogen and oxygen atoms in total. The molecule has 0 radical (unpaired) electrons. The highest BCUT2D eigenvalue weighted by molar-refractivity contribution is 4.63. The summed E-state index contributed by atoms with van der Waals surface area (Å²) < 4.78 is 14.2. The van der Waals surface area contributed by atoms with Gasteiger partial charge in [-0.2, -0.15) is 4.57 Å². The summed E-state index contributed by atoms with van der Waals surface area (Å²) in [6, 6.07) is 0. The van der Waals surface area contributed by atoms with Gasteiger partial charge in [-0.25, -0.2) is 4.57 Å². The van der Waals surface area contributed by atoms with Gasteiger partial charge in [-0.05, 0) is 0 Å². The standard InChI is InChI=1S/C8H15N2O2/c1-8(11-3,12-4)10-6-5-9(2)7-10/h5-7H,1-4H3/q+1. The Kier molecular flexibility index (Phi) is 2.49. The summed E-state index contributed by atoms with van der Waals surface area (Å²) in [6.45, 7) is 1.85. The highest BCUT2D eigenvalue weighted by Gasteiger charge is 2.30. The Bertz CT molecular complexity index is 253. The van der Waals surface area contributed by atoms with Crippen molar-refractivity contribution in [2.45, 2.75) is 12.8 Å². The van der Waals surface area contributed by atoms with E-state index in [-0.39, 0.29) is 0 Å². The molecule has 12 heavy (non-hydrogen) atoms. The molecule has 0 unspecified atom stereocenters. The van der Waals surface area contributed by atoms with Crippen LogP contribution >= 0.6 is 0 Å². The number of aryl methyl sites for hydroxylation is 1. The average Bonchev–Trinajstić information content (AvgIpc) is 2.51. The summed E-state index contributed by atoms with van der Waals surface area (Å²) in [6.07, 6.45) is 5.72. The van der Waals surface area contributed by atoms with Crippen LogP contribution in [0.5, 0.6) is 0 Å². The molecule has 0 aliphatic carbocycles. The minimum Gasteiger partial charge on any atom is -0.318 e. The van der Waals surface area contributed by atoms with E-state index in [1.807, 2.05) is 41.8 Å². The fraction of sp³-hybridized carbons (Fsp3) is 0.625. The molecule has 0 atom stereocenters. The third-order valence-corrected chi connectivity index (χ3v) is 2.00. The zero-order chi connectivity index (χ0) is 9.19. The number of aromatic nitrogens is 2. The predicted octanol–water partition coefficient (Wildman–Crippen LogP) is 0.236. The second-order valence-corrected chi connectivity index (χ2v) is 2.79. The van der Waals surface area contributed by atoms with Gasteiger partial charge < -0.3 is 9.47 Å². The van der Waals surface area contributed by atoms with Crippen LogP contribution in [0.4, 0.5) is 0 Å². The predicted molar refractivity (Wildman–Crippen MR) is 43.3 cm³/mol. The third kappa shape index (κ3) is 1.49. The van der Waals surface area contributed by atoms with E-state index in [9.17, 15) is 0 Å². The molecule has 1 rings (SSSR count). The molecule has 0 saturated heterocycles. The van der Waals surface area contributed by atoms with Crippen molar-refractivity contribution in [1.29, 1.82) is 0 Å². The van der Waals surface area contributed by atoms with Crippen LogP contribution in [0.25, 0.3) is 0 Å². The molecule has 0 fully saturated rings. The number of hydrogen-bond acceptors (Lipinski definition) is 2. The second-order valence-electron chi connectivity index (χ2n) is 2.79. The van der Waals surface area contributed by atoms with Crippen molar-refractivity contribution < 1.29 is 14.0 Å². The summed E-state index contributed by atoms with van der Waals surface area (Å²) in [5.74, 6) is -0.707. The van der Waals surface area contributed by atoms with Gasteiger partial charge in [-0.3, -0.25) is 0 Å². The van der Waals surface area contributed by atoms with Crippen LogP contribution in [0.15, 0.2) is 18.7 Å². The first kappa shape index (κ1) is 9.22. The maximum atomic E-state index is 5.21. The number of nitrogens with zero attached hydrogens (tertiary/aromatic N) is 2. The van der Waals surface area contributed by atoms with E-state index in [0.717, 1.165) is 0 Å². The topological polar surface area (TPSA) is 27.3 Å². The van der Waals surface area contributed by atoms with Crippen molar-refractivity contribution in [3.05, 3.63) is 18.7 Å². The number of hydrogen-bond donors (Lipinski definition) is 0. The number of imidazole rings is 1. The van der Waals surface area contributed by atoms with Crippen molar-refractivity contribution in [3.63, 3.8) is 0 Å². The summed E-state index contributed by atoms with van der Waals surface area (Å²) in [4.78, 5) is 0.